The third-order valence-electron chi connectivity index (χ3n) is 3.82. The first-order chi connectivity index (χ1) is 10.6. The number of rotatable bonds is 7. The number of methoxy groups -OCH3 is 1. The zero-order valence-electron chi connectivity index (χ0n) is 14.0. The van der Waals surface area contributed by atoms with Crippen molar-refractivity contribution < 1.29 is 9.47 Å². The van der Waals surface area contributed by atoms with Gasteiger partial charge < -0.3 is 9.47 Å². The third kappa shape index (κ3) is 4.80. The van der Waals surface area contributed by atoms with Crippen LogP contribution in [0.3, 0.4) is 0 Å². The predicted molar refractivity (Wildman–Crippen MR) is 91.9 cm³/mol. The maximum absolute atomic E-state index is 5.78. The SMILES string of the molecule is COc1ccc(CCC(C)c2cccc(OC(C)C)c2)cc1. The first-order valence-electron chi connectivity index (χ1n) is 7.98. The Morgan fingerprint density at radius 2 is 1.64 bits per heavy atom. The van der Waals surface area contributed by atoms with Gasteiger partial charge in [0.25, 0.3) is 0 Å². The summed E-state index contributed by atoms with van der Waals surface area (Å²) >= 11 is 0. The molecule has 0 N–H and O–H groups in total. The molecule has 0 radical (unpaired) electrons. The van der Waals surface area contributed by atoms with E-state index >= 15 is 0 Å². The summed E-state index contributed by atoms with van der Waals surface area (Å²) in [6.07, 6.45) is 2.41. The smallest absolute Gasteiger partial charge is 0.119 e. The molecule has 1 unspecified atom stereocenters. The average Bonchev–Trinajstić information content (AvgIpc) is 2.52. The lowest BCUT2D eigenvalue weighted by atomic mass is 9.94. The van der Waals surface area contributed by atoms with Crippen LogP contribution in [-0.4, -0.2) is 13.2 Å². The predicted octanol–water partition coefficient (Wildman–Crippen LogP) is 5.22. The second-order valence-electron chi connectivity index (χ2n) is 6.03. The quantitative estimate of drug-likeness (QED) is 0.698. The first-order valence-corrected chi connectivity index (χ1v) is 7.98. The molecule has 2 heteroatoms. The Bertz CT molecular complexity index is 573. The highest BCUT2D eigenvalue weighted by Gasteiger charge is 2.08. The zero-order chi connectivity index (χ0) is 15.9. The molecule has 0 saturated carbocycles. The van der Waals surface area contributed by atoms with Crippen molar-refractivity contribution in [3.8, 4) is 11.5 Å². The van der Waals surface area contributed by atoms with Gasteiger partial charge in [-0.1, -0.05) is 31.2 Å². The Balaban J connectivity index is 1.94. The van der Waals surface area contributed by atoms with Gasteiger partial charge in [0.05, 0.1) is 13.2 Å². The minimum absolute atomic E-state index is 0.213. The van der Waals surface area contributed by atoms with Gasteiger partial charge >= 0.3 is 0 Å². The molecule has 0 aromatic heterocycles. The summed E-state index contributed by atoms with van der Waals surface area (Å²) in [5.74, 6) is 2.39. The molecule has 0 spiro atoms. The van der Waals surface area contributed by atoms with Crippen LogP contribution in [0.25, 0.3) is 0 Å². The zero-order valence-corrected chi connectivity index (χ0v) is 14.0. The van der Waals surface area contributed by atoms with E-state index in [-0.39, 0.29) is 6.10 Å². The van der Waals surface area contributed by atoms with Crippen LogP contribution in [0.15, 0.2) is 48.5 Å². The van der Waals surface area contributed by atoms with Crippen LogP contribution in [0.1, 0.15) is 44.2 Å². The van der Waals surface area contributed by atoms with E-state index in [1.165, 1.54) is 11.1 Å². The molecule has 0 bridgehead atoms. The first kappa shape index (κ1) is 16.4. The number of hydrogen-bond donors (Lipinski definition) is 0. The van der Waals surface area contributed by atoms with E-state index in [9.17, 15) is 0 Å². The monoisotopic (exact) mass is 298 g/mol. The second kappa shape index (κ2) is 7.88. The molecule has 2 nitrogen and oxygen atoms in total. The molecule has 0 aliphatic heterocycles. The summed E-state index contributed by atoms with van der Waals surface area (Å²) in [6.45, 7) is 6.39. The Kier molecular flexibility index (Phi) is 5.88. The molecule has 0 fully saturated rings. The van der Waals surface area contributed by atoms with Crippen molar-refractivity contribution >= 4 is 0 Å². The van der Waals surface area contributed by atoms with Crippen LogP contribution in [0.5, 0.6) is 11.5 Å². The number of hydrogen-bond acceptors (Lipinski definition) is 2. The van der Waals surface area contributed by atoms with Crippen LogP contribution in [0.2, 0.25) is 0 Å². The molecule has 0 saturated heterocycles. The van der Waals surface area contributed by atoms with Gasteiger partial charge in [0.15, 0.2) is 0 Å². The Labute approximate surface area is 134 Å². The molecular weight excluding hydrogens is 272 g/mol. The lowest BCUT2D eigenvalue weighted by Gasteiger charge is -2.15. The summed E-state index contributed by atoms with van der Waals surface area (Å²) in [6, 6.07) is 16.8. The molecule has 22 heavy (non-hydrogen) atoms. The van der Waals surface area contributed by atoms with E-state index in [0.29, 0.717) is 5.92 Å². The fraction of sp³-hybridized carbons (Fsp3) is 0.400. The minimum Gasteiger partial charge on any atom is -0.497 e. The normalized spacial score (nSPS) is 12.2. The molecule has 0 aliphatic carbocycles. The highest BCUT2D eigenvalue weighted by atomic mass is 16.5. The van der Waals surface area contributed by atoms with Gasteiger partial charge in [-0.2, -0.15) is 0 Å². The van der Waals surface area contributed by atoms with Crippen molar-refractivity contribution in [3.63, 3.8) is 0 Å². The van der Waals surface area contributed by atoms with Crippen molar-refractivity contribution in [2.45, 2.75) is 45.6 Å². The van der Waals surface area contributed by atoms with Gasteiger partial charge in [-0.05, 0) is 68.0 Å². The van der Waals surface area contributed by atoms with E-state index in [1.807, 2.05) is 18.2 Å². The van der Waals surface area contributed by atoms with Gasteiger partial charge in [-0.15, -0.1) is 0 Å². The maximum Gasteiger partial charge on any atom is 0.119 e. The van der Waals surface area contributed by atoms with Crippen LogP contribution in [0, 0.1) is 0 Å². The van der Waals surface area contributed by atoms with E-state index in [4.69, 9.17) is 9.47 Å². The van der Waals surface area contributed by atoms with Crippen LogP contribution < -0.4 is 9.47 Å². The van der Waals surface area contributed by atoms with E-state index in [0.717, 1.165) is 24.3 Å². The van der Waals surface area contributed by atoms with Crippen LogP contribution in [-0.2, 0) is 6.42 Å². The lowest BCUT2D eigenvalue weighted by molar-refractivity contribution is 0.242. The number of ether oxygens (including phenoxy) is 2. The molecule has 2 rings (SSSR count). The molecule has 0 heterocycles. The Morgan fingerprint density at radius 3 is 2.27 bits per heavy atom. The van der Waals surface area contributed by atoms with Gasteiger partial charge in [0, 0.05) is 0 Å². The fourth-order valence-corrected chi connectivity index (χ4v) is 2.51. The van der Waals surface area contributed by atoms with Gasteiger partial charge in [-0.25, -0.2) is 0 Å². The van der Waals surface area contributed by atoms with Gasteiger partial charge in [0.2, 0.25) is 0 Å². The van der Waals surface area contributed by atoms with Crippen molar-refractivity contribution in [3.05, 3.63) is 59.7 Å². The van der Waals surface area contributed by atoms with Crippen molar-refractivity contribution in [2.75, 3.05) is 7.11 Å². The highest BCUT2D eigenvalue weighted by molar-refractivity contribution is 5.31. The second-order valence-corrected chi connectivity index (χ2v) is 6.03. The van der Waals surface area contributed by atoms with E-state index in [1.54, 1.807) is 7.11 Å². The molecular formula is C20H26O2. The molecule has 1 atom stereocenters. The molecule has 118 valence electrons. The standard InChI is InChI=1S/C20H26O2/c1-15(2)22-20-7-5-6-18(14-20)16(3)8-9-17-10-12-19(21-4)13-11-17/h5-7,10-16H,8-9H2,1-4H3. The van der Waals surface area contributed by atoms with E-state index in [2.05, 4.69) is 51.1 Å². The Morgan fingerprint density at radius 1 is 0.909 bits per heavy atom. The van der Waals surface area contributed by atoms with Gasteiger partial charge in [0.1, 0.15) is 11.5 Å². The summed E-state index contributed by atoms with van der Waals surface area (Å²) in [5, 5.41) is 0. The van der Waals surface area contributed by atoms with Crippen molar-refractivity contribution in [2.24, 2.45) is 0 Å². The lowest BCUT2D eigenvalue weighted by Crippen LogP contribution is -2.06. The summed E-state index contributed by atoms with van der Waals surface area (Å²) in [5.41, 5.74) is 2.69. The molecule has 0 amide bonds. The number of aryl methyl sites for hydroxylation is 1. The molecule has 2 aromatic carbocycles. The minimum atomic E-state index is 0.213. The van der Waals surface area contributed by atoms with Crippen molar-refractivity contribution in [1.82, 2.24) is 0 Å². The Hall–Kier alpha value is -1.96. The van der Waals surface area contributed by atoms with E-state index < -0.39 is 0 Å². The largest absolute Gasteiger partial charge is 0.497 e. The summed E-state index contributed by atoms with van der Waals surface area (Å²) < 4.78 is 11.0. The molecule has 0 aliphatic rings. The van der Waals surface area contributed by atoms with Crippen LogP contribution in [0.4, 0.5) is 0 Å². The average molecular weight is 298 g/mol. The summed E-state index contributed by atoms with van der Waals surface area (Å²) in [7, 11) is 1.70. The maximum atomic E-state index is 5.78. The topological polar surface area (TPSA) is 18.5 Å². The van der Waals surface area contributed by atoms with Crippen molar-refractivity contribution in [1.29, 1.82) is 0 Å². The highest BCUT2D eigenvalue weighted by Crippen LogP contribution is 2.25. The molecule has 2 aromatic rings. The number of benzene rings is 2. The third-order valence-corrected chi connectivity index (χ3v) is 3.82. The fourth-order valence-electron chi connectivity index (χ4n) is 2.51. The van der Waals surface area contributed by atoms with Gasteiger partial charge in [-0.3, -0.25) is 0 Å². The summed E-state index contributed by atoms with van der Waals surface area (Å²) in [4.78, 5) is 0. The van der Waals surface area contributed by atoms with Crippen LogP contribution >= 0.6 is 0 Å².